The smallest absolute Gasteiger partial charge is 0.342 e. The van der Waals surface area contributed by atoms with Gasteiger partial charge in [-0.3, -0.25) is 0 Å². The Labute approximate surface area is 119 Å². The van der Waals surface area contributed by atoms with Crippen molar-refractivity contribution in [1.29, 1.82) is 0 Å². The van der Waals surface area contributed by atoms with Crippen LogP contribution in [0.5, 0.6) is 0 Å². The van der Waals surface area contributed by atoms with Gasteiger partial charge < -0.3 is 4.74 Å². The molecule has 3 nitrogen and oxygen atoms in total. The van der Waals surface area contributed by atoms with Crippen molar-refractivity contribution >= 4 is 5.97 Å². The van der Waals surface area contributed by atoms with E-state index in [1.54, 1.807) is 12.1 Å². The van der Waals surface area contributed by atoms with E-state index in [9.17, 15) is 4.79 Å². The summed E-state index contributed by atoms with van der Waals surface area (Å²) in [5.74, 6) is 0.310. The first-order valence-corrected chi connectivity index (χ1v) is 6.85. The fourth-order valence-electron chi connectivity index (χ4n) is 2.04. The number of hydrogen-bond acceptors (Lipinski definition) is 2. The summed E-state index contributed by atoms with van der Waals surface area (Å²) in [5, 5.41) is 0. The van der Waals surface area contributed by atoms with Crippen molar-refractivity contribution in [2.45, 2.75) is 27.0 Å². The first-order chi connectivity index (χ1) is 9.65. The Balaban J connectivity index is 1.95. The maximum atomic E-state index is 11.8. The van der Waals surface area contributed by atoms with Crippen LogP contribution in [0, 0.1) is 5.92 Å². The molecular formula is C17H20NO2+. The average molecular weight is 270 g/mol. The van der Waals surface area contributed by atoms with E-state index in [1.165, 1.54) is 5.56 Å². The molecule has 0 aliphatic rings. The van der Waals surface area contributed by atoms with E-state index < -0.39 is 0 Å². The van der Waals surface area contributed by atoms with E-state index in [1.807, 2.05) is 41.2 Å². The summed E-state index contributed by atoms with van der Waals surface area (Å²) in [4.78, 5) is 11.8. The highest BCUT2D eigenvalue weighted by Crippen LogP contribution is 2.05. The zero-order valence-electron chi connectivity index (χ0n) is 12.0. The molecule has 0 fully saturated rings. The fourth-order valence-corrected chi connectivity index (χ4v) is 2.04. The molecule has 0 saturated heterocycles. The number of aromatic nitrogens is 1. The molecule has 2 rings (SSSR count). The normalized spacial score (nSPS) is 10.6. The van der Waals surface area contributed by atoms with E-state index in [0.717, 1.165) is 6.42 Å². The fraction of sp³-hybridized carbons (Fsp3) is 0.294. The molecule has 3 heteroatoms. The topological polar surface area (TPSA) is 30.2 Å². The first kappa shape index (κ1) is 14.3. The lowest BCUT2D eigenvalue weighted by molar-refractivity contribution is -0.727. The van der Waals surface area contributed by atoms with Crippen molar-refractivity contribution in [1.82, 2.24) is 0 Å². The van der Waals surface area contributed by atoms with Crippen molar-refractivity contribution < 1.29 is 14.1 Å². The van der Waals surface area contributed by atoms with Crippen LogP contribution in [-0.4, -0.2) is 5.97 Å². The number of carbonyl (C=O) groups is 1. The second-order valence-corrected chi connectivity index (χ2v) is 5.25. The van der Waals surface area contributed by atoms with Crippen LogP contribution in [-0.2, 0) is 17.9 Å². The van der Waals surface area contributed by atoms with E-state index in [4.69, 9.17) is 4.74 Å². The number of ether oxygens (including phenoxy) is 1. The van der Waals surface area contributed by atoms with Gasteiger partial charge in [-0.05, 0) is 30.5 Å². The minimum atomic E-state index is -0.299. The molecule has 0 aliphatic carbocycles. The Morgan fingerprint density at radius 2 is 1.90 bits per heavy atom. The first-order valence-electron chi connectivity index (χ1n) is 6.85. The lowest BCUT2D eigenvalue weighted by Gasteiger charge is -2.04. The third-order valence-corrected chi connectivity index (χ3v) is 2.92. The standard InChI is InChI=1S/C17H20NO2/c1-14(2)11-15-7-6-10-18(12-15)13-20-17(19)16-8-4-3-5-9-16/h3-10,12,14H,11,13H2,1-2H3/q+1. The third kappa shape index (κ3) is 4.19. The molecule has 0 amide bonds. The molecule has 104 valence electrons. The number of esters is 1. The van der Waals surface area contributed by atoms with Crippen LogP contribution >= 0.6 is 0 Å². The molecule has 0 radical (unpaired) electrons. The van der Waals surface area contributed by atoms with Gasteiger partial charge in [-0.25, -0.2) is 4.79 Å². The maximum absolute atomic E-state index is 11.8. The van der Waals surface area contributed by atoms with E-state index >= 15 is 0 Å². The minimum Gasteiger partial charge on any atom is -0.401 e. The van der Waals surface area contributed by atoms with Crippen LogP contribution in [0.2, 0.25) is 0 Å². The highest BCUT2D eigenvalue weighted by atomic mass is 16.5. The zero-order chi connectivity index (χ0) is 14.4. The lowest BCUT2D eigenvalue weighted by Crippen LogP contribution is -2.36. The van der Waals surface area contributed by atoms with Gasteiger partial charge in [0.15, 0.2) is 12.4 Å². The summed E-state index contributed by atoms with van der Waals surface area (Å²) in [6.45, 7) is 4.61. The van der Waals surface area contributed by atoms with Gasteiger partial charge in [0.25, 0.3) is 6.73 Å². The molecule has 0 bridgehead atoms. The second-order valence-electron chi connectivity index (χ2n) is 5.25. The highest BCUT2D eigenvalue weighted by molar-refractivity contribution is 5.89. The maximum Gasteiger partial charge on any atom is 0.342 e. The van der Waals surface area contributed by atoms with Gasteiger partial charge in [0, 0.05) is 11.6 Å². The van der Waals surface area contributed by atoms with Crippen LogP contribution in [0.15, 0.2) is 54.9 Å². The molecule has 0 saturated carbocycles. The predicted octanol–water partition coefficient (Wildman–Crippen LogP) is 2.99. The van der Waals surface area contributed by atoms with Gasteiger partial charge >= 0.3 is 5.97 Å². The average Bonchev–Trinajstić information content (AvgIpc) is 2.45. The number of rotatable bonds is 5. The Kier molecular flexibility index (Phi) is 4.88. The van der Waals surface area contributed by atoms with Gasteiger partial charge in [0.2, 0.25) is 0 Å². The number of benzene rings is 1. The molecule has 1 aromatic carbocycles. The van der Waals surface area contributed by atoms with Crippen molar-refractivity contribution in [3.05, 3.63) is 66.0 Å². The Hall–Kier alpha value is -2.16. The van der Waals surface area contributed by atoms with E-state index in [2.05, 4.69) is 19.9 Å². The van der Waals surface area contributed by atoms with Crippen molar-refractivity contribution in [2.24, 2.45) is 5.92 Å². The Bertz CT molecular complexity index is 564. The molecule has 1 aromatic heterocycles. The summed E-state index contributed by atoms with van der Waals surface area (Å²) >= 11 is 0. The monoisotopic (exact) mass is 270 g/mol. The Morgan fingerprint density at radius 3 is 2.60 bits per heavy atom. The van der Waals surface area contributed by atoms with Crippen LogP contribution < -0.4 is 4.57 Å². The Morgan fingerprint density at radius 1 is 1.15 bits per heavy atom. The largest absolute Gasteiger partial charge is 0.401 e. The second kappa shape index (κ2) is 6.85. The molecule has 0 spiro atoms. The highest BCUT2D eigenvalue weighted by Gasteiger charge is 2.10. The summed E-state index contributed by atoms with van der Waals surface area (Å²) in [5.41, 5.74) is 1.82. The summed E-state index contributed by atoms with van der Waals surface area (Å²) in [6.07, 6.45) is 4.95. The minimum absolute atomic E-state index is 0.236. The number of hydrogen-bond donors (Lipinski definition) is 0. The molecular weight excluding hydrogens is 250 g/mol. The predicted molar refractivity (Wildman–Crippen MR) is 77.0 cm³/mol. The van der Waals surface area contributed by atoms with Crippen molar-refractivity contribution in [3.63, 3.8) is 0 Å². The van der Waals surface area contributed by atoms with E-state index in [-0.39, 0.29) is 12.7 Å². The van der Waals surface area contributed by atoms with Crippen LogP contribution in [0.4, 0.5) is 0 Å². The molecule has 1 heterocycles. The molecule has 0 aliphatic heterocycles. The van der Waals surface area contributed by atoms with Gasteiger partial charge in [-0.15, -0.1) is 0 Å². The molecule has 0 atom stereocenters. The van der Waals surface area contributed by atoms with Gasteiger partial charge in [-0.2, -0.15) is 4.57 Å². The van der Waals surface area contributed by atoms with Crippen LogP contribution in [0.25, 0.3) is 0 Å². The van der Waals surface area contributed by atoms with Gasteiger partial charge in [-0.1, -0.05) is 32.0 Å². The van der Waals surface area contributed by atoms with Gasteiger partial charge in [0.05, 0.1) is 5.56 Å². The quantitative estimate of drug-likeness (QED) is 0.617. The zero-order valence-corrected chi connectivity index (χ0v) is 12.0. The van der Waals surface area contributed by atoms with Gasteiger partial charge in [0.1, 0.15) is 0 Å². The summed E-state index contributed by atoms with van der Waals surface area (Å²) in [7, 11) is 0. The summed E-state index contributed by atoms with van der Waals surface area (Å²) < 4.78 is 7.19. The summed E-state index contributed by atoms with van der Waals surface area (Å²) in [6, 6.07) is 13.1. The molecule has 20 heavy (non-hydrogen) atoms. The van der Waals surface area contributed by atoms with Crippen molar-refractivity contribution in [3.8, 4) is 0 Å². The van der Waals surface area contributed by atoms with E-state index in [0.29, 0.717) is 11.5 Å². The lowest BCUT2D eigenvalue weighted by atomic mass is 10.1. The third-order valence-electron chi connectivity index (χ3n) is 2.92. The molecule has 0 N–H and O–H groups in total. The molecule has 0 unspecified atom stereocenters. The number of nitrogens with zero attached hydrogens (tertiary/aromatic N) is 1. The SMILES string of the molecule is CC(C)Cc1ccc[n+](COC(=O)c2ccccc2)c1. The van der Waals surface area contributed by atoms with Crippen LogP contribution in [0.1, 0.15) is 29.8 Å². The number of carbonyl (C=O) groups excluding carboxylic acids is 1. The van der Waals surface area contributed by atoms with Crippen LogP contribution in [0.3, 0.4) is 0 Å². The number of pyridine rings is 1. The molecule has 2 aromatic rings. The van der Waals surface area contributed by atoms with Crippen molar-refractivity contribution in [2.75, 3.05) is 0 Å².